The first-order chi connectivity index (χ1) is 12.1. The van der Waals surface area contributed by atoms with Crippen LogP contribution in [-0.2, 0) is 6.61 Å². The number of hydrogen-bond acceptors (Lipinski definition) is 2. The number of carbonyl (C=O) groups excluding carboxylic acids is 1. The molecule has 126 valence electrons. The van der Waals surface area contributed by atoms with Gasteiger partial charge in [-0.3, -0.25) is 4.79 Å². The van der Waals surface area contributed by atoms with Gasteiger partial charge in [0.15, 0.2) is 17.5 Å². The van der Waals surface area contributed by atoms with E-state index < -0.39 is 17.5 Å². The van der Waals surface area contributed by atoms with E-state index in [9.17, 15) is 18.0 Å². The highest BCUT2D eigenvalue weighted by Crippen LogP contribution is 2.28. The Kier molecular flexibility index (Phi) is 4.84. The lowest BCUT2D eigenvalue weighted by atomic mass is 10.0. The average molecular weight is 342 g/mol. The van der Waals surface area contributed by atoms with Crippen molar-refractivity contribution in [2.75, 3.05) is 0 Å². The van der Waals surface area contributed by atoms with Gasteiger partial charge >= 0.3 is 0 Å². The first-order valence-corrected chi connectivity index (χ1v) is 7.49. The van der Waals surface area contributed by atoms with Gasteiger partial charge in [0.2, 0.25) is 0 Å². The molecule has 0 aliphatic heterocycles. The second kappa shape index (κ2) is 7.21. The third kappa shape index (κ3) is 3.88. The Bertz CT molecular complexity index is 885. The van der Waals surface area contributed by atoms with Crippen molar-refractivity contribution in [1.82, 2.24) is 0 Å². The minimum absolute atomic E-state index is 0.115. The summed E-state index contributed by atoms with van der Waals surface area (Å²) < 4.78 is 45.7. The summed E-state index contributed by atoms with van der Waals surface area (Å²) in [6, 6.07) is 15.7. The molecule has 0 aliphatic rings. The van der Waals surface area contributed by atoms with Crippen LogP contribution in [0, 0.1) is 17.5 Å². The van der Waals surface area contributed by atoms with Gasteiger partial charge < -0.3 is 4.74 Å². The maximum atomic E-state index is 13.5. The second-order valence-electron chi connectivity index (χ2n) is 5.44. The molecule has 3 rings (SSSR count). The standard InChI is InChI=1S/C20H13F3O2/c21-18-9-16(10-19(22)20(18)23)15-6-14(11-24)7-17(8-15)25-12-13-4-2-1-3-5-13/h1-11H,12H2. The summed E-state index contributed by atoms with van der Waals surface area (Å²) >= 11 is 0. The van der Waals surface area contributed by atoms with Crippen molar-refractivity contribution in [2.45, 2.75) is 6.61 Å². The molecule has 0 atom stereocenters. The molecule has 0 amide bonds. The Morgan fingerprint density at radius 2 is 1.48 bits per heavy atom. The number of benzene rings is 3. The molecule has 0 unspecified atom stereocenters. The first kappa shape index (κ1) is 16.8. The summed E-state index contributed by atoms with van der Waals surface area (Å²) in [5.74, 6) is -3.75. The molecular formula is C20H13F3O2. The molecule has 5 heteroatoms. The van der Waals surface area contributed by atoms with Crippen LogP contribution in [0.1, 0.15) is 15.9 Å². The smallest absolute Gasteiger partial charge is 0.194 e. The van der Waals surface area contributed by atoms with Crippen molar-refractivity contribution >= 4 is 6.29 Å². The van der Waals surface area contributed by atoms with Crippen molar-refractivity contribution in [3.8, 4) is 16.9 Å². The number of carbonyl (C=O) groups is 1. The fourth-order valence-corrected chi connectivity index (χ4v) is 2.40. The second-order valence-corrected chi connectivity index (χ2v) is 5.44. The van der Waals surface area contributed by atoms with Crippen molar-refractivity contribution in [3.63, 3.8) is 0 Å². The third-order valence-corrected chi connectivity index (χ3v) is 3.63. The molecule has 25 heavy (non-hydrogen) atoms. The van der Waals surface area contributed by atoms with E-state index in [1.54, 1.807) is 6.07 Å². The Labute approximate surface area is 142 Å². The minimum atomic E-state index is -1.53. The Hall–Kier alpha value is -3.08. The van der Waals surface area contributed by atoms with E-state index in [0.29, 0.717) is 17.6 Å². The Balaban J connectivity index is 1.94. The SMILES string of the molecule is O=Cc1cc(OCc2ccccc2)cc(-c2cc(F)c(F)c(F)c2)c1. The van der Waals surface area contributed by atoms with Crippen LogP contribution in [0.3, 0.4) is 0 Å². The summed E-state index contributed by atoms with van der Waals surface area (Å²) in [4.78, 5) is 11.1. The number of aldehydes is 1. The molecule has 0 N–H and O–H groups in total. The Morgan fingerprint density at radius 1 is 0.840 bits per heavy atom. The van der Waals surface area contributed by atoms with Gasteiger partial charge in [0.1, 0.15) is 18.6 Å². The van der Waals surface area contributed by atoms with Crippen LogP contribution in [-0.4, -0.2) is 6.29 Å². The van der Waals surface area contributed by atoms with Crippen molar-refractivity contribution in [1.29, 1.82) is 0 Å². The molecule has 0 spiro atoms. The predicted octanol–water partition coefficient (Wildman–Crippen LogP) is 5.16. The quantitative estimate of drug-likeness (QED) is 0.473. The number of halogens is 3. The Morgan fingerprint density at radius 3 is 2.12 bits per heavy atom. The minimum Gasteiger partial charge on any atom is -0.489 e. The summed E-state index contributed by atoms with van der Waals surface area (Å²) in [6.45, 7) is 0.273. The van der Waals surface area contributed by atoms with Gasteiger partial charge in [-0.1, -0.05) is 30.3 Å². The normalized spacial score (nSPS) is 10.5. The summed E-state index contributed by atoms with van der Waals surface area (Å²) in [5.41, 5.74) is 1.68. The van der Waals surface area contributed by atoms with Crippen LogP contribution >= 0.6 is 0 Å². The summed E-state index contributed by atoms with van der Waals surface area (Å²) in [7, 11) is 0. The van der Waals surface area contributed by atoms with Crippen LogP contribution in [0.5, 0.6) is 5.75 Å². The monoisotopic (exact) mass is 342 g/mol. The third-order valence-electron chi connectivity index (χ3n) is 3.63. The lowest BCUT2D eigenvalue weighted by Gasteiger charge is -2.10. The molecule has 0 saturated heterocycles. The van der Waals surface area contributed by atoms with Gasteiger partial charge in [-0.15, -0.1) is 0 Å². The van der Waals surface area contributed by atoms with Gasteiger partial charge in [0.05, 0.1) is 0 Å². The van der Waals surface area contributed by atoms with Crippen molar-refractivity contribution in [2.24, 2.45) is 0 Å². The molecule has 0 saturated carbocycles. The fourth-order valence-electron chi connectivity index (χ4n) is 2.40. The number of rotatable bonds is 5. The highest BCUT2D eigenvalue weighted by atomic mass is 19.2. The van der Waals surface area contributed by atoms with Crippen LogP contribution in [0.2, 0.25) is 0 Å². The molecule has 0 heterocycles. The van der Waals surface area contributed by atoms with E-state index in [1.165, 1.54) is 12.1 Å². The highest BCUT2D eigenvalue weighted by molar-refractivity contribution is 5.80. The maximum Gasteiger partial charge on any atom is 0.194 e. The largest absolute Gasteiger partial charge is 0.489 e. The van der Waals surface area contributed by atoms with Crippen LogP contribution in [0.25, 0.3) is 11.1 Å². The van der Waals surface area contributed by atoms with E-state index in [-0.39, 0.29) is 17.7 Å². The molecule has 0 bridgehead atoms. The van der Waals surface area contributed by atoms with E-state index in [4.69, 9.17) is 4.74 Å². The fraction of sp³-hybridized carbons (Fsp3) is 0.0500. The zero-order valence-corrected chi connectivity index (χ0v) is 13.0. The average Bonchev–Trinajstić information content (AvgIpc) is 2.64. The van der Waals surface area contributed by atoms with Crippen LogP contribution in [0.4, 0.5) is 13.2 Å². The zero-order chi connectivity index (χ0) is 17.8. The predicted molar refractivity (Wildman–Crippen MR) is 87.9 cm³/mol. The van der Waals surface area contributed by atoms with Gasteiger partial charge in [-0.2, -0.15) is 0 Å². The molecule has 2 nitrogen and oxygen atoms in total. The van der Waals surface area contributed by atoms with Gasteiger partial charge in [-0.25, -0.2) is 13.2 Å². The lowest BCUT2D eigenvalue weighted by Crippen LogP contribution is -1.97. The summed E-state index contributed by atoms with van der Waals surface area (Å²) in [5, 5.41) is 0. The summed E-state index contributed by atoms with van der Waals surface area (Å²) in [6.07, 6.45) is 0.606. The van der Waals surface area contributed by atoms with Crippen molar-refractivity contribution in [3.05, 3.63) is 89.2 Å². The van der Waals surface area contributed by atoms with Gasteiger partial charge in [0, 0.05) is 5.56 Å². The first-order valence-electron chi connectivity index (χ1n) is 7.49. The lowest BCUT2D eigenvalue weighted by molar-refractivity contribution is 0.112. The molecule has 0 radical (unpaired) electrons. The van der Waals surface area contributed by atoms with E-state index >= 15 is 0 Å². The van der Waals surface area contributed by atoms with E-state index in [0.717, 1.165) is 17.7 Å². The van der Waals surface area contributed by atoms with E-state index in [1.807, 2.05) is 30.3 Å². The zero-order valence-electron chi connectivity index (χ0n) is 13.0. The molecular weight excluding hydrogens is 329 g/mol. The molecule has 3 aromatic rings. The number of hydrogen-bond donors (Lipinski definition) is 0. The van der Waals surface area contributed by atoms with Crippen LogP contribution < -0.4 is 4.74 Å². The van der Waals surface area contributed by atoms with E-state index in [2.05, 4.69) is 0 Å². The van der Waals surface area contributed by atoms with Gasteiger partial charge in [0.25, 0.3) is 0 Å². The molecule has 3 aromatic carbocycles. The highest BCUT2D eigenvalue weighted by Gasteiger charge is 2.13. The van der Waals surface area contributed by atoms with Gasteiger partial charge in [-0.05, 0) is 47.0 Å². The van der Waals surface area contributed by atoms with Crippen LogP contribution in [0.15, 0.2) is 60.7 Å². The molecule has 0 aromatic heterocycles. The number of ether oxygens (including phenoxy) is 1. The topological polar surface area (TPSA) is 26.3 Å². The molecule has 0 aliphatic carbocycles. The molecule has 0 fully saturated rings. The maximum absolute atomic E-state index is 13.5. The van der Waals surface area contributed by atoms with Crippen molar-refractivity contribution < 1.29 is 22.7 Å².